The summed E-state index contributed by atoms with van der Waals surface area (Å²) in [6.07, 6.45) is 5.05. The number of pyridine rings is 1. The summed E-state index contributed by atoms with van der Waals surface area (Å²) < 4.78 is 5.26. The van der Waals surface area contributed by atoms with Crippen LogP contribution < -0.4 is 4.74 Å². The van der Waals surface area contributed by atoms with Gasteiger partial charge in [0.25, 0.3) is 5.91 Å². The zero-order valence-electron chi connectivity index (χ0n) is 16.6. The average molecular weight is 376 g/mol. The third kappa shape index (κ3) is 4.52. The van der Waals surface area contributed by atoms with Crippen molar-refractivity contribution in [2.75, 3.05) is 7.11 Å². The van der Waals surface area contributed by atoms with Crippen LogP contribution in [-0.2, 0) is 6.54 Å². The molecule has 0 spiro atoms. The summed E-state index contributed by atoms with van der Waals surface area (Å²) in [5.41, 5.74) is 2.17. The van der Waals surface area contributed by atoms with Crippen LogP contribution in [0, 0.1) is 0 Å². The molecule has 0 radical (unpaired) electrons. The second-order valence-electron chi connectivity index (χ2n) is 7.41. The minimum absolute atomic E-state index is 0.164. The predicted molar refractivity (Wildman–Crippen MR) is 108 cm³/mol. The number of benzene rings is 1. The van der Waals surface area contributed by atoms with E-state index in [9.17, 15) is 4.79 Å². The van der Waals surface area contributed by atoms with Crippen molar-refractivity contribution < 1.29 is 9.53 Å². The van der Waals surface area contributed by atoms with Gasteiger partial charge in [0.05, 0.1) is 19.3 Å². The number of carbonyl (C=O) groups is 1. The number of aromatic nitrogens is 3. The van der Waals surface area contributed by atoms with Crippen LogP contribution in [0.4, 0.5) is 0 Å². The Hall–Kier alpha value is -3.28. The SMILES string of the molecule is COc1cccc(-c2cnc(C(=O)N(Cc3ccccn3)C(C)(C)C)nc2)c1. The minimum Gasteiger partial charge on any atom is -0.497 e. The van der Waals surface area contributed by atoms with E-state index in [0.29, 0.717) is 6.54 Å². The molecule has 0 unspecified atom stereocenters. The number of ether oxygens (including phenoxy) is 1. The van der Waals surface area contributed by atoms with Crippen LogP contribution in [0.5, 0.6) is 5.75 Å². The van der Waals surface area contributed by atoms with Crippen molar-refractivity contribution in [1.82, 2.24) is 19.9 Å². The Morgan fingerprint density at radius 3 is 2.36 bits per heavy atom. The molecule has 1 amide bonds. The van der Waals surface area contributed by atoms with Gasteiger partial charge < -0.3 is 9.64 Å². The summed E-state index contributed by atoms with van der Waals surface area (Å²) in [4.78, 5) is 27.8. The van der Waals surface area contributed by atoms with E-state index in [1.165, 1.54) is 0 Å². The monoisotopic (exact) mass is 376 g/mol. The van der Waals surface area contributed by atoms with Crippen molar-refractivity contribution in [2.24, 2.45) is 0 Å². The fourth-order valence-electron chi connectivity index (χ4n) is 2.78. The molecule has 0 saturated carbocycles. The molecule has 3 rings (SSSR count). The Morgan fingerprint density at radius 2 is 1.75 bits per heavy atom. The van der Waals surface area contributed by atoms with E-state index in [1.54, 1.807) is 30.6 Å². The van der Waals surface area contributed by atoms with Crippen molar-refractivity contribution in [3.63, 3.8) is 0 Å². The number of methoxy groups -OCH3 is 1. The van der Waals surface area contributed by atoms with Crippen LogP contribution >= 0.6 is 0 Å². The molecular weight excluding hydrogens is 352 g/mol. The Balaban J connectivity index is 1.85. The number of hydrogen-bond acceptors (Lipinski definition) is 5. The Kier molecular flexibility index (Phi) is 5.68. The average Bonchev–Trinajstić information content (AvgIpc) is 2.71. The lowest BCUT2D eigenvalue weighted by molar-refractivity contribution is 0.0542. The molecule has 1 aromatic carbocycles. The predicted octanol–water partition coefficient (Wildman–Crippen LogP) is 3.99. The quantitative estimate of drug-likeness (QED) is 0.673. The summed E-state index contributed by atoms with van der Waals surface area (Å²) in [5, 5.41) is 0. The summed E-state index contributed by atoms with van der Waals surface area (Å²) in [6.45, 7) is 6.35. The maximum absolute atomic E-state index is 13.1. The topological polar surface area (TPSA) is 68.2 Å². The van der Waals surface area contributed by atoms with Crippen LogP contribution in [0.25, 0.3) is 11.1 Å². The molecule has 2 aromatic heterocycles. The number of nitrogens with zero attached hydrogens (tertiary/aromatic N) is 4. The normalized spacial score (nSPS) is 11.1. The van der Waals surface area contributed by atoms with E-state index in [1.807, 2.05) is 63.2 Å². The van der Waals surface area contributed by atoms with Crippen molar-refractivity contribution in [1.29, 1.82) is 0 Å². The molecular formula is C22H24N4O2. The van der Waals surface area contributed by atoms with Crippen LogP contribution in [0.15, 0.2) is 61.1 Å². The van der Waals surface area contributed by atoms with E-state index in [2.05, 4.69) is 15.0 Å². The number of carbonyl (C=O) groups excluding carboxylic acids is 1. The highest BCUT2D eigenvalue weighted by molar-refractivity contribution is 5.91. The van der Waals surface area contributed by atoms with E-state index in [4.69, 9.17) is 4.74 Å². The molecule has 3 aromatic rings. The van der Waals surface area contributed by atoms with Gasteiger partial charge in [0.1, 0.15) is 5.75 Å². The van der Waals surface area contributed by atoms with Crippen LogP contribution in [0.2, 0.25) is 0 Å². The minimum atomic E-state index is -0.399. The maximum Gasteiger partial charge on any atom is 0.292 e. The summed E-state index contributed by atoms with van der Waals surface area (Å²) in [7, 11) is 1.63. The molecule has 6 nitrogen and oxygen atoms in total. The highest BCUT2D eigenvalue weighted by atomic mass is 16.5. The van der Waals surface area contributed by atoms with E-state index < -0.39 is 5.54 Å². The van der Waals surface area contributed by atoms with Crippen LogP contribution in [0.3, 0.4) is 0 Å². The van der Waals surface area contributed by atoms with Crippen molar-refractivity contribution >= 4 is 5.91 Å². The molecule has 0 fully saturated rings. The van der Waals surface area contributed by atoms with Gasteiger partial charge in [-0.3, -0.25) is 9.78 Å². The van der Waals surface area contributed by atoms with Crippen molar-refractivity contribution in [3.05, 3.63) is 72.6 Å². The molecule has 2 heterocycles. The Bertz CT molecular complexity index is 935. The van der Waals surface area contributed by atoms with Gasteiger partial charge in [-0.15, -0.1) is 0 Å². The first-order valence-corrected chi connectivity index (χ1v) is 9.07. The van der Waals surface area contributed by atoms with E-state index >= 15 is 0 Å². The molecule has 0 aliphatic rings. The van der Waals surface area contributed by atoms with Gasteiger partial charge in [0, 0.05) is 29.7 Å². The lowest BCUT2D eigenvalue weighted by Gasteiger charge is -2.35. The highest BCUT2D eigenvalue weighted by Crippen LogP contribution is 2.23. The van der Waals surface area contributed by atoms with E-state index in [-0.39, 0.29) is 11.7 Å². The number of hydrogen-bond donors (Lipinski definition) is 0. The van der Waals surface area contributed by atoms with Gasteiger partial charge in [-0.2, -0.15) is 0 Å². The highest BCUT2D eigenvalue weighted by Gasteiger charge is 2.29. The second kappa shape index (κ2) is 8.17. The summed E-state index contributed by atoms with van der Waals surface area (Å²) in [6, 6.07) is 13.3. The summed E-state index contributed by atoms with van der Waals surface area (Å²) >= 11 is 0. The number of rotatable bonds is 5. The van der Waals surface area contributed by atoms with Gasteiger partial charge in [0.15, 0.2) is 0 Å². The van der Waals surface area contributed by atoms with Crippen molar-refractivity contribution in [2.45, 2.75) is 32.9 Å². The summed E-state index contributed by atoms with van der Waals surface area (Å²) in [5.74, 6) is 0.694. The lowest BCUT2D eigenvalue weighted by atomic mass is 10.0. The molecule has 0 aliphatic carbocycles. The van der Waals surface area contributed by atoms with E-state index in [0.717, 1.165) is 22.6 Å². The molecule has 144 valence electrons. The third-order valence-electron chi connectivity index (χ3n) is 4.35. The standard InChI is InChI=1S/C22H24N4O2/c1-22(2,3)26(15-18-9-5-6-11-23-18)21(27)20-24-13-17(14-25-20)16-8-7-10-19(12-16)28-4/h5-14H,15H2,1-4H3. The molecule has 28 heavy (non-hydrogen) atoms. The fraction of sp³-hybridized carbons (Fsp3) is 0.273. The fourth-order valence-corrected chi connectivity index (χ4v) is 2.78. The maximum atomic E-state index is 13.1. The van der Waals surface area contributed by atoms with Crippen LogP contribution in [-0.4, -0.2) is 38.4 Å². The Labute approximate surface area is 165 Å². The smallest absolute Gasteiger partial charge is 0.292 e. The van der Waals surface area contributed by atoms with Gasteiger partial charge >= 0.3 is 0 Å². The second-order valence-corrected chi connectivity index (χ2v) is 7.41. The molecule has 6 heteroatoms. The van der Waals surface area contributed by atoms with Crippen LogP contribution in [0.1, 0.15) is 37.1 Å². The molecule has 0 bridgehead atoms. The van der Waals surface area contributed by atoms with Gasteiger partial charge in [-0.05, 0) is 50.6 Å². The van der Waals surface area contributed by atoms with Gasteiger partial charge in [-0.1, -0.05) is 18.2 Å². The first kappa shape index (κ1) is 19.5. The van der Waals surface area contributed by atoms with Gasteiger partial charge in [0.2, 0.25) is 5.82 Å². The first-order valence-electron chi connectivity index (χ1n) is 9.07. The zero-order chi connectivity index (χ0) is 20.1. The lowest BCUT2D eigenvalue weighted by Crippen LogP contribution is -2.45. The third-order valence-corrected chi connectivity index (χ3v) is 4.35. The largest absolute Gasteiger partial charge is 0.497 e. The molecule has 0 saturated heterocycles. The molecule has 0 aliphatic heterocycles. The first-order chi connectivity index (χ1) is 13.4. The Morgan fingerprint density at radius 1 is 1.00 bits per heavy atom. The van der Waals surface area contributed by atoms with Gasteiger partial charge in [-0.25, -0.2) is 9.97 Å². The number of amides is 1. The molecule has 0 N–H and O–H groups in total. The van der Waals surface area contributed by atoms with Crippen molar-refractivity contribution in [3.8, 4) is 16.9 Å². The zero-order valence-corrected chi connectivity index (χ0v) is 16.6. The molecule has 0 atom stereocenters.